The van der Waals surface area contributed by atoms with Gasteiger partial charge >= 0.3 is 0 Å². The van der Waals surface area contributed by atoms with E-state index >= 15 is 0 Å². The van der Waals surface area contributed by atoms with Crippen molar-refractivity contribution < 1.29 is 0 Å². The number of halogens is 2. The van der Waals surface area contributed by atoms with Crippen LogP contribution in [0.4, 0.5) is 11.4 Å². The Labute approximate surface area is 162 Å². The Hall–Kier alpha value is -0.870. The van der Waals surface area contributed by atoms with Gasteiger partial charge in [-0.3, -0.25) is 4.90 Å². The Bertz CT molecular complexity index is 601. The fourth-order valence-electron chi connectivity index (χ4n) is 3.20. The Morgan fingerprint density at radius 3 is 1.79 bits per heavy atom. The number of likely N-dealkylation sites (N-methyl/N-ethyl adjacent to an activating group) is 1. The summed E-state index contributed by atoms with van der Waals surface area (Å²) in [6, 6.07) is 18.0. The number of nitrogens with zero attached hydrogens (tertiary/aromatic N) is 2. The summed E-state index contributed by atoms with van der Waals surface area (Å²) in [6.45, 7) is 10.0. The minimum Gasteiger partial charge on any atom is -0.338 e. The Kier molecular flexibility index (Phi) is 8.44. The van der Waals surface area contributed by atoms with Gasteiger partial charge in [0, 0.05) is 22.4 Å². The summed E-state index contributed by atoms with van der Waals surface area (Å²) in [6.07, 6.45) is 0. The van der Waals surface area contributed by atoms with E-state index in [-0.39, 0.29) is 24.8 Å². The van der Waals surface area contributed by atoms with Gasteiger partial charge in [-0.05, 0) is 44.3 Å². The van der Waals surface area contributed by atoms with Gasteiger partial charge in [0.05, 0.1) is 11.4 Å². The molecule has 132 valence electrons. The third-order valence-corrected chi connectivity index (χ3v) is 5.54. The van der Waals surface area contributed by atoms with E-state index in [1.54, 1.807) is 0 Å². The van der Waals surface area contributed by atoms with Gasteiger partial charge in [0.25, 0.3) is 0 Å². The number of fused-ring (bicyclic) bond motifs is 2. The molecule has 0 N–H and O–H groups in total. The van der Waals surface area contributed by atoms with E-state index in [0.29, 0.717) is 6.04 Å². The predicted octanol–water partition coefficient (Wildman–Crippen LogP) is 5.86. The molecule has 0 spiro atoms. The average Bonchev–Trinajstić information content (AvgIpc) is 2.55. The fraction of sp³-hybridized carbons (Fsp3) is 0.368. The summed E-state index contributed by atoms with van der Waals surface area (Å²) in [5.41, 5.74) is 2.68. The molecule has 0 aliphatic carbocycles. The summed E-state index contributed by atoms with van der Waals surface area (Å²) in [7, 11) is 0. The molecule has 2 aromatic rings. The molecular formula is C19H26Cl2N2S. The van der Waals surface area contributed by atoms with Crippen LogP contribution in [-0.4, -0.2) is 30.6 Å². The molecular weight excluding hydrogens is 359 g/mol. The molecule has 2 nitrogen and oxygen atoms in total. The smallest absolute Gasteiger partial charge is 0.0553 e. The predicted molar refractivity (Wildman–Crippen MR) is 111 cm³/mol. The van der Waals surface area contributed by atoms with Gasteiger partial charge in [-0.2, -0.15) is 0 Å². The zero-order chi connectivity index (χ0) is 15.5. The third kappa shape index (κ3) is 4.20. The van der Waals surface area contributed by atoms with Crippen molar-refractivity contribution in [2.45, 2.75) is 36.6 Å². The SMILES string of the molecule is CCN(CC)C(C)CN1c2ccccc2Sc2ccccc21.Cl.Cl. The molecule has 24 heavy (non-hydrogen) atoms. The second kappa shape index (κ2) is 9.57. The molecule has 1 atom stereocenters. The summed E-state index contributed by atoms with van der Waals surface area (Å²) in [5.74, 6) is 0. The largest absolute Gasteiger partial charge is 0.338 e. The normalized spacial score (nSPS) is 13.4. The van der Waals surface area contributed by atoms with Gasteiger partial charge in [0.15, 0.2) is 0 Å². The van der Waals surface area contributed by atoms with E-state index < -0.39 is 0 Å². The molecule has 5 heteroatoms. The van der Waals surface area contributed by atoms with Gasteiger partial charge in [-0.15, -0.1) is 24.8 Å². The number of rotatable bonds is 5. The van der Waals surface area contributed by atoms with Crippen LogP contribution in [0, 0.1) is 0 Å². The zero-order valence-corrected chi connectivity index (χ0v) is 16.9. The van der Waals surface area contributed by atoms with Crippen LogP contribution < -0.4 is 4.90 Å². The third-order valence-electron chi connectivity index (χ3n) is 4.41. The van der Waals surface area contributed by atoms with Crippen molar-refractivity contribution in [1.29, 1.82) is 0 Å². The molecule has 0 bridgehead atoms. The topological polar surface area (TPSA) is 6.48 Å². The van der Waals surface area contributed by atoms with E-state index in [2.05, 4.69) is 79.1 Å². The highest BCUT2D eigenvalue weighted by Gasteiger charge is 2.25. The summed E-state index contributed by atoms with van der Waals surface area (Å²) < 4.78 is 0. The van der Waals surface area contributed by atoms with Crippen molar-refractivity contribution in [2.75, 3.05) is 24.5 Å². The quantitative estimate of drug-likeness (QED) is 0.636. The molecule has 0 aromatic heterocycles. The molecule has 0 saturated carbocycles. The minimum atomic E-state index is 0. The van der Waals surface area contributed by atoms with Crippen LogP contribution in [0.25, 0.3) is 0 Å². The highest BCUT2D eigenvalue weighted by Crippen LogP contribution is 2.47. The van der Waals surface area contributed by atoms with Crippen LogP contribution >= 0.6 is 36.6 Å². The van der Waals surface area contributed by atoms with Crippen molar-refractivity contribution in [3.05, 3.63) is 48.5 Å². The maximum absolute atomic E-state index is 2.52. The van der Waals surface area contributed by atoms with Gasteiger partial charge in [0.2, 0.25) is 0 Å². The maximum atomic E-state index is 2.52. The first-order valence-electron chi connectivity index (χ1n) is 8.12. The molecule has 0 saturated heterocycles. The van der Waals surface area contributed by atoms with Crippen LogP contribution in [-0.2, 0) is 0 Å². The molecule has 0 amide bonds. The highest BCUT2D eigenvalue weighted by atomic mass is 35.5. The minimum absolute atomic E-state index is 0. The first-order chi connectivity index (χ1) is 10.7. The number of anilines is 2. The lowest BCUT2D eigenvalue weighted by molar-refractivity contribution is 0.236. The molecule has 0 radical (unpaired) electrons. The average molecular weight is 385 g/mol. The Morgan fingerprint density at radius 1 is 0.875 bits per heavy atom. The number of benzene rings is 2. The van der Waals surface area contributed by atoms with E-state index in [0.717, 1.165) is 19.6 Å². The second-order valence-electron chi connectivity index (χ2n) is 5.72. The molecule has 0 fully saturated rings. The van der Waals surface area contributed by atoms with Gasteiger partial charge < -0.3 is 4.90 Å². The van der Waals surface area contributed by atoms with Crippen LogP contribution in [0.3, 0.4) is 0 Å². The van der Waals surface area contributed by atoms with Gasteiger partial charge in [-0.1, -0.05) is 49.9 Å². The van der Waals surface area contributed by atoms with Gasteiger partial charge in [-0.25, -0.2) is 0 Å². The molecule has 1 aliphatic heterocycles. The van der Waals surface area contributed by atoms with E-state index in [4.69, 9.17) is 0 Å². The molecule has 1 aliphatic rings. The summed E-state index contributed by atoms with van der Waals surface area (Å²) >= 11 is 1.88. The van der Waals surface area contributed by atoms with Crippen molar-refractivity contribution >= 4 is 48.0 Å². The molecule has 1 unspecified atom stereocenters. The highest BCUT2D eigenvalue weighted by molar-refractivity contribution is 7.99. The van der Waals surface area contributed by atoms with E-state index in [1.165, 1.54) is 21.2 Å². The molecule has 3 rings (SSSR count). The molecule has 2 aromatic carbocycles. The lowest BCUT2D eigenvalue weighted by Gasteiger charge is -2.37. The van der Waals surface area contributed by atoms with Crippen LogP contribution in [0.1, 0.15) is 20.8 Å². The first kappa shape index (κ1) is 21.2. The van der Waals surface area contributed by atoms with Crippen LogP contribution in [0.5, 0.6) is 0 Å². The monoisotopic (exact) mass is 384 g/mol. The zero-order valence-electron chi connectivity index (χ0n) is 14.4. The molecule has 1 heterocycles. The Morgan fingerprint density at radius 2 is 1.33 bits per heavy atom. The Balaban J connectivity index is 0.00000144. The fourth-order valence-corrected chi connectivity index (χ4v) is 4.30. The van der Waals surface area contributed by atoms with Crippen LogP contribution in [0.15, 0.2) is 58.3 Å². The van der Waals surface area contributed by atoms with E-state index in [9.17, 15) is 0 Å². The summed E-state index contributed by atoms with van der Waals surface area (Å²) in [4.78, 5) is 7.72. The lowest BCUT2D eigenvalue weighted by atomic mass is 10.1. The lowest BCUT2D eigenvalue weighted by Crippen LogP contribution is -2.41. The van der Waals surface area contributed by atoms with E-state index in [1.807, 2.05) is 11.8 Å². The number of hydrogen-bond donors (Lipinski definition) is 0. The second-order valence-corrected chi connectivity index (χ2v) is 6.80. The van der Waals surface area contributed by atoms with Crippen molar-refractivity contribution in [1.82, 2.24) is 4.90 Å². The number of hydrogen-bond acceptors (Lipinski definition) is 3. The maximum Gasteiger partial charge on any atom is 0.0553 e. The van der Waals surface area contributed by atoms with Gasteiger partial charge in [0.1, 0.15) is 0 Å². The van der Waals surface area contributed by atoms with Crippen molar-refractivity contribution in [3.8, 4) is 0 Å². The van der Waals surface area contributed by atoms with Crippen molar-refractivity contribution in [3.63, 3.8) is 0 Å². The van der Waals surface area contributed by atoms with Crippen LogP contribution in [0.2, 0.25) is 0 Å². The standard InChI is InChI=1S/C19H24N2S.2ClH/c1-4-20(5-2)15(3)14-21-16-10-6-8-12-18(16)22-19-13-9-7-11-17(19)21;;/h6-13,15H,4-5,14H2,1-3H3;2*1H. The van der Waals surface area contributed by atoms with Crippen molar-refractivity contribution in [2.24, 2.45) is 0 Å². The first-order valence-corrected chi connectivity index (χ1v) is 8.93. The summed E-state index contributed by atoms with van der Waals surface area (Å²) in [5, 5.41) is 0. The number of para-hydroxylation sites is 2.